The van der Waals surface area contributed by atoms with Crippen molar-refractivity contribution in [2.75, 3.05) is 0 Å². The number of aryl methyl sites for hydroxylation is 1. The maximum Gasteiger partial charge on any atom is 0.263 e. The highest BCUT2D eigenvalue weighted by Crippen LogP contribution is 2.12. The molecule has 1 aromatic rings. The van der Waals surface area contributed by atoms with Gasteiger partial charge in [-0.3, -0.25) is 4.72 Å². The summed E-state index contributed by atoms with van der Waals surface area (Å²) in [4.78, 5) is 4.01. The van der Waals surface area contributed by atoms with Crippen molar-refractivity contribution in [3.8, 4) is 0 Å². The number of allylic oxidation sites excluding steroid dienone is 2. The maximum absolute atomic E-state index is 12.0. The maximum atomic E-state index is 12.0. The molecule has 0 radical (unpaired) electrons. The van der Waals surface area contributed by atoms with Crippen LogP contribution >= 0.6 is 0 Å². The molecule has 1 N–H and O–H groups in total. The van der Waals surface area contributed by atoms with Crippen molar-refractivity contribution >= 4 is 16.4 Å². The molecule has 0 amide bonds. The van der Waals surface area contributed by atoms with Crippen LogP contribution in [-0.2, 0) is 14.8 Å². The Balaban J connectivity index is 2.24. The third-order valence-corrected chi connectivity index (χ3v) is 3.60. The van der Waals surface area contributed by atoms with Crippen molar-refractivity contribution in [1.82, 2.24) is 4.72 Å². The van der Waals surface area contributed by atoms with E-state index in [1.165, 1.54) is 12.3 Å². The van der Waals surface area contributed by atoms with Crippen molar-refractivity contribution in [3.63, 3.8) is 0 Å². The zero-order valence-corrected chi connectivity index (χ0v) is 10.5. The molecule has 0 saturated heterocycles. The Hall–Kier alpha value is -2.08. The number of nitrogens with zero attached hydrogens (tertiary/aromatic N) is 1. The molecule has 0 aromatic heterocycles. The Labute approximate surface area is 106 Å². The van der Waals surface area contributed by atoms with Gasteiger partial charge < -0.3 is 4.74 Å². The van der Waals surface area contributed by atoms with Crippen LogP contribution in [0.5, 0.6) is 0 Å². The second-order valence-electron chi connectivity index (χ2n) is 3.67. The quantitative estimate of drug-likeness (QED) is 0.903. The number of hydrogen-bond acceptors (Lipinski definition) is 4. The summed E-state index contributed by atoms with van der Waals surface area (Å²) in [5.74, 6) is 0.198. The summed E-state index contributed by atoms with van der Waals surface area (Å²) < 4.78 is 31.2. The first-order chi connectivity index (χ1) is 8.58. The summed E-state index contributed by atoms with van der Waals surface area (Å²) in [7, 11) is -3.61. The van der Waals surface area contributed by atoms with Crippen molar-refractivity contribution in [2.24, 2.45) is 4.99 Å². The topological polar surface area (TPSA) is 67.8 Å². The molecule has 94 valence electrons. The van der Waals surface area contributed by atoms with E-state index in [4.69, 9.17) is 4.74 Å². The number of hydrogen-bond donors (Lipinski definition) is 1. The van der Waals surface area contributed by atoms with Gasteiger partial charge in [-0.15, -0.1) is 0 Å². The molecule has 0 spiro atoms. The average Bonchev–Trinajstić information content (AvgIpc) is 2.57. The second-order valence-corrected chi connectivity index (χ2v) is 5.35. The van der Waals surface area contributed by atoms with Gasteiger partial charge in [0.05, 0.1) is 11.2 Å². The Kier molecular flexibility index (Phi) is 3.47. The number of ether oxygens (including phenoxy) is 1. The lowest BCUT2D eigenvalue weighted by Gasteiger charge is -2.07. The van der Waals surface area contributed by atoms with Gasteiger partial charge in [-0.25, -0.2) is 13.4 Å². The zero-order valence-electron chi connectivity index (χ0n) is 9.70. The molecule has 1 aromatic carbocycles. The normalized spacial score (nSPS) is 14.6. The van der Waals surface area contributed by atoms with Gasteiger partial charge in [-0.2, -0.15) is 0 Å². The summed E-state index contributed by atoms with van der Waals surface area (Å²) in [5, 5.41) is 0. The molecule has 1 aliphatic rings. The first-order valence-electron chi connectivity index (χ1n) is 5.22. The van der Waals surface area contributed by atoms with Gasteiger partial charge in [-0.1, -0.05) is 17.7 Å². The standard InChI is InChI=1S/C12H12N2O3S/c1-10-4-6-11(7-5-10)18(15,16)14-12-3-2-8-17-9-13-12/h2-9,14H,1H3. The Bertz CT molecular complexity index is 613. The molecule has 2 rings (SSSR count). The smallest absolute Gasteiger partial charge is 0.263 e. The van der Waals surface area contributed by atoms with E-state index in [2.05, 4.69) is 9.71 Å². The van der Waals surface area contributed by atoms with Gasteiger partial charge in [0, 0.05) is 0 Å². The van der Waals surface area contributed by atoms with Crippen molar-refractivity contribution < 1.29 is 13.2 Å². The number of benzene rings is 1. The van der Waals surface area contributed by atoms with Crippen molar-refractivity contribution in [1.29, 1.82) is 0 Å². The van der Waals surface area contributed by atoms with E-state index in [0.717, 1.165) is 12.0 Å². The van der Waals surface area contributed by atoms with Crippen LogP contribution in [-0.4, -0.2) is 14.8 Å². The van der Waals surface area contributed by atoms with E-state index in [1.54, 1.807) is 30.3 Å². The van der Waals surface area contributed by atoms with E-state index >= 15 is 0 Å². The lowest BCUT2D eigenvalue weighted by atomic mass is 10.2. The molecule has 0 unspecified atom stereocenters. The van der Waals surface area contributed by atoms with Crippen LogP contribution in [0.1, 0.15) is 5.56 Å². The third-order valence-electron chi connectivity index (χ3n) is 2.23. The monoisotopic (exact) mass is 264 g/mol. The van der Waals surface area contributed by atoms with Gasteiger partial charge in [0.2, 0.25) is 0 Å². The van der Waals surface area contributed by atoms with Crippen LogP contribution in [0.3, 0.4) is 0 Å². The average molecular weight is 264 g/mol. The Morgan fingerprint density at radius 2 is 1.94 bits per heavy atom. The fourth-order valence-electron chi connectivity index (χ4n) is 1.32. The minimum Gasteiger partial charge on any atom is -0.453 e. The second kappa shape index (κ2) is 5.05. The number of aliphatic imine (C=N–C) groups is 1. The minimum atomic E-state index is -3.61. The third kappa shape index (κ3) is 2.98. The lowest BCUT2D eigenvalue weighted by Crippen LogP contribution is -2.22. The fraction of sp³-hybridized carbons (Fsp3) is 0.0833. The summed E-state index contributed by atoms with van der Waals surface area (Å²) in [6.07, 6.45) is 5.62. The Morgan fingerprint density at radius 3 is 2.67 bits per heavy atom. The first kappa shape index (κ1) is 12.4. The van der Waals surface area contributed by atoms with E-state index in [0.29, 0.717) is 0 Å². The molecular formula is C12H12N2O3S. The molecule has 1 aliphatic heterocycles. The van der Waals surface area contributed by atoms with E-state index in [1.807, 2.05) is 6.92 Å². The Morgan fingerprint density at radius 1 is 1.22 bits per heavy atom. The number of nitrogens with one attached hydrogen (secondary N) is 1. The molecule has 0 aliphatic carbocycles. The highest BCUT2D eigenvalue weighted by Gasteiger charge is 2.14. The van der Waals surface area contributed by atoms with Crippen LogP contribution in [0.4, 0.5) is 0 Å². The molecule has 1 heterocycles. The predicted octanol–water partition coefficient (Wildman–Crippen LogP) is 1.69. The van der Waals surface area contributed by atoms with E-state index < -0.39 is 10.0 Å². The molecule has 0 atom stereocenters. The molecule has 6 heteroatoms. The van der Waals surface area contributed by atoms with Gasteiger partial charge >= 0.3 is 0 Å². The fourth-order valence-corrected chi connectivity index (χ4v) is 2.32. The highest BCUT2D eigenvalue weighted by molar-refractivity contribution is 7.89. The predicted molar refractivity (Wildman–Crippen MR) is 68.3 cm³/mol. The summed E-state index contributed by atoms with van der Waals surface area (Å²) in [6, 6.07) is 6.57. The molecule has 0 fully saturated rings. The van der Waals surface area contributed by atoms with Crippen LogP contribution in [0, 0.1) is 6.92 Å². The van der Waals surface area contributed by atoms with Crippen LogP contribution in [0.25, 0.3) is 0 Å². The van der Waals surface area contributed by atoms with Gasteiger partial charge in [0.1, 0.15) is 5.82 Å². The highest BCUT2D eigenvalue weighted by atomic mass is 32.2. The molecule has 0 saturated carbocycles. The summed E-state index contributed by atoms with van der Waals surface area (Å²) in [6.45, 7) is 1.89. The van der Waals surface area contributed by atoms with Crippen LogP contribution < -0.4 is 4.72 Å². The summed E-state index contributed by atoms with van der Waals surface area (Å²) in [5.41, 5.74) is 0.997. The van der Waals surface area contributed by atoms with Crippen LogP contribution in [0.2, 0.25) is 0 Å². The molecule has 0 bridgehead atoms. The minimum absolute atomic E-state index is 0.193. The molecule has 18 heavy (non-hydrogen) atoms. The summed E-state index contributed by atoms with van der Waals surface area (Å²) >= 11 is 0. The SMILES string of the molecule is Cc1ccc(S(=O)(=O)NC2=CC=COC=N2)cc1. The van der Waals surface area contributed by atoms with E-state index in [9.17, 15) is 8.42 Å². The number of sulfonamides is 1. The molecule has 5 nitrogen and oxygen atoms in total. The van der Waals surface area contributed by atoms with Gasteiger partial charge in [0.25, 0.3) is 10.0 Å². The zero-order chi connectivity index (χ0) is 13.0. The van der Waals surface area contributed by atoms with Gasteiger partial charge in [-0.05, 0) is 31.2 Å². The van der Waals surface area contributed by atoms with Crippen molar-refractivity contribution in [2.45, 2.75) is 11.8 Å². The van der Waals surface area contributed by atoms with Crippen LogP contribution in [0.15, 0.2) is 58.4 Å². The van der Waals surface area contributed by atoms with E-state index in [-0.39, 0.29) is 10.7 Å². The first-order valence-corrected chi connectivity index (χ1v) is 6.70. The largest absolute Gasteiger partial charge is 0.453 e. The molecular weight excluding hydrogens is 252 g/mol. The van der Waals surface area contributed by atoms with Gasteiger partial charge in [0.15, 0.2) is 6.40 Å². The van der Waals surface area contributed by atoms with Crippen molar-refractivity contribution in [3.05, 3.63) is 54.1 Å². The number of rotatable bonds is 3. The lowest BCUT2D eigenvalue weighted by molar-refractivity contribution is 0.495.